The fraction of sp³-hybridized carbons (Fsp3) is 0.513. The van der Waals surface area contributed by atoms with E-state index in [1.807, 2.05) is 6.07 Å². The van der Waals surface area contributed by atoms with Crippen LogP contribution < -0.4 is 25.7 Å². The SMILES string of the molecule is Cc1cc(F)cc(C)c1Oc1ccc(C(C)(C)O)cc1-c1cn(C)c(=O)cc1OC1CCC(NC(=O)C2(CNC(=O)OC(C)(C)C)CC2)CC1. The number of carbonyl (C=O) groups is 2. The van der Waals surface area contributed by atoms with Crippen molar-refractivity contribution in [1.29, 1.82) is 0 Å². The molecular formula is C39H50FN3O7. The summed E-state index contributed by atoms with van der Waals surface area (Å²) in [5, 5.41) is 16.8. The van der Waals surface area contributed by atoms with Gasteiger partial charge in [0, 0.05) is 43.0 Å². The molecule has 0 atom stereocenters. The first-order valence-electron chi connectivity index (χ1n) is 17.3. The van der Waals surface area contributed by atoms with Gasteiger partial charge in [0.2, 0.25) is 5.91 Å². The molecule has 0 unspecified atom stereocenters. The molecular weight excluding hydrogens is 641 g/mol. The van der Waals surface area contributed by atoms with E-state index in [9.17, 15) is 23.9 Å². The summed E-state index contributed by atoms with van der Waals surface area (Å²) < 4.78 is 33.9. The first-order chi connectivity index (χ1) is 23.3. The van der Waals surface area contributed by atoms with Crippen molar-refractivity contribution in [3.63, 3.8) is 0 Å². The van der Waals surface area contributed by atoms with Crippen LogP contribution in [-0.4, -0.2) is 46.0 Å². The summed E-state index contributed by atoms with van der Waals surface area (Å²) in [4.78, 5) is 38.3. The third-order valence-corrected chi connectivity index (χ3v) is 9.41. The number of halogens is 1. The zero-order valence-electron chi connectivity index (χ0n) is 30.4. The minimum atomic E-state index is -1.16. The lowest BCUT2D eigenvalue weighted by Gasteiger charge is -2.31. The van der Waals surface area contributed by atoms with E-state index in [2.05, 4.69) is 10.6 Å². The van der Waals surface area contributed by atoms with E-state index in [0.717, 1.165) is 0 Å². The molecule has 270 valence electrons. The summed E-state index contributed by atoms with van der Waals surface area (Å²) in [7, 11) is 1.66. The average Bonchev–Trinajstić information content (AvgIpc) is 3.81. The lowest BCUT2D eigenvalue weighted by Crippen LogP contribution is -2.46. The van der Waals surface area contributed by atoms with Crippen molar-refractivity contribution < 1.29 is 33.3 Å². The maximum atomic E-state index is 14.1. The van der Waals surface area contributed by atoms with Gasteiger partial charge in [-0.2, -0.15) is 0 Å². The Morgan fingerprint density at radius 3 is 2.18 bits per heavy atom. The van der Waals surface area contributed by atoms with Gasteiger partial charge >= 0.3 is 6.09 Å². The highest BCUT2D eigenvalue weighted by atomic mass is 19.1. The van der Waals surface area contributed by atoms with Gasteiger partial charge in [-0.1, -0.05) is 6.07 Å². The van der Waals surface area contributed by atoms with Crippen molar-refractivity contribution in [1.82, 2.24) is 15.2 Å². The molecule has 10 nitrogen and oxygen atoms in total. The van der Waals surface area contributed by atoms with E-state index in [0.29, 0.717) is 83.6 Å². The van der Waals surface area contributed by atoms with Crippen LogP contribution in [0.1, 0.15) is 89.8 Å². The second-order valence-electron chi connectivity index (χ2n) is 15.4. The van der Waals surface area contributed by atoms with Crippen LogP contribution in [-0.2, 0) is 22.2 Å². The molecule has 0 saturated heterocycles. The van der Waals surface area contributed by atoms with Gasteiger partial charge in [0.05, 0.1) is 17.1 Å². The van der Waals surface area contributed by atoms with Crippen molar-refractivity contribution in [2.75, 3.05) is 6.54 Å². The standard InChI is InChI=1S/C39H50FN3O7/c1-23-17-26(40)18-24(2)34(23)49-31-14-9-25(38(6,7)47)19-29(31)30-21-43(8)33(44)20-32(30)48-28-12-10-27(11-13-28)42-35(45)39(15-16-39)22-41-36(46)50-37(3,4)5/h9,14,17-21,27-28,47H,10-13,15-16,22H2,1-8H3,(H,41,46)(H,42,45). The molecule has 1 heterocycles. The predicted molar refractivity (Wildman–Crippen MR) is 189 cm³/mol. The Labute approximate surface area is 293 Å². The predicted octanol–water partition coefficient (Wildman–Crippen LogP) is 6.94. The lowest BCUT2D eigenvalue weighted by atomic mass is 9.91. The van der Waals surface area contributed by atoms with Gasteiger partial charge in [-0.25, -0.2) is 9.18 Å². The van der Waals surface area contributed by atoms with Crippen molar-refractivity contribution in [2.24, 2.45) is 12.5 Å². The molecule has 0 radical (unpaired) electrons. The Hall–Kier alpha value is -4.38. The third-order valence-electron chi connectivity index (χ3n) is 9.41. The summed E-state index contributed by atoms with van der Waals surface area (Å²) in [6.07, 6.45) is 5.07. The molecule has 5 rings (SSSR count). The van der Waals surface area contributed by atoms with Crippen LogP contribution in [0, 0.1) is 25.1 Å². The number of hydrogen-bond acceptors (Lipinski definition) is 7. The number of aromatic nitrogens is 1. The highest BCUT2D eigenvalue weighted by Gasteiger charge is 2.50. The van der Waals surface area contributed by atoms with Crippen molar-refractivity contribution in [2.45, 2.75) is 110 Å². The quantitative estimate of drug-likeness (QED) is 0.210. The van der Waals surface area contributed by atoms with Gasteiger partial charge in [0.1, 0.15) is 28.7 Å². The fourth-order valence-electron chi connectivity index (χ4n) is 6.32. The molecule has 0 spiro atoms. The van der Waals surface area contributed by atoms with Crippen LogP contribution in [0.15, 0.2) is 47.4 Å². The van der Waals surface area contributed by atoms with E-state index in [1.165, 1.54) is 22.8 Å². The first kappa shape index (κ1) is 36.9. The molecule has 3 N–H and O–H groups in total. The third kappa shape index (κ3) is 8.85. The number of aliphatic hydroxyl groups is 1. The number of nitrogens with zero attached hydrogens (tertiary/aromatic N) is 1. The molecule has 11 heteroatoms. The number of carbonyl (C=O) groups excluding carboxylic acids is 2. The minimum Gasteiger partial charge on any atom is -0.490 e. The molecule has 1 aromatic heterocycles. The molecule has 3 aromatic rings. The number of aryl methyl sites for hydroxylation is 3. The van der Waals surface area contributed by atoms with Crippen LogP contribution >= 0.6 is 0 Å². The zero-order valence-corrected chi connectivity index (χ0v) is 30.4. The first-order valence-corrected chi connectivity index (χ1v) is 17.3. The maximum Gasteiger partial charge on any atom is 0.407 e. The van der Waals surface area contributed by atoms with E-state index >= 15 is 0 Å². The number of rotatable bonds is 10. The van der Waals surface area contributed by atoms with Gasteiger partial charge in [0.25, 0.3) is 5.56 Å². The van der Waals surface area contributed by atoms with E-state index in [-0.39, 0.29) is 36.0 Å². The lowest BCUT2D eigenvalue weighted by molar-refractivity contribution is -0.127. The summed E-state index contributed by atoms with van der Waals surface area (Å²) in [5.74, 6) is 0.953. The van der Waals surface area contributed by atoms with Gasteiger partial charge < -0.3 is 34.5 Å². The Bertz CT molecular complexity index is 1790. The van der Waals surface area contributed by atoms with Gasteiger partial charge in [-0.05, 0) is 128 Å². The topological polar surface area (TPSA) is 128 Å². The molecule has 50 heavy (non-hydrogen) atoms. The number of ether oxygens (including phenoxy) is 3. The van der Waals surface area contributed by atoms with Crippen LogP contribution in [0.5, 0.6) is 17.2 Å². The van der Waals surface area contributed by atoms with Gasteiger partial charge in [-0.15, -0.1) is 0 Å². The monoisotopic (exact) mass is 691 g/mol. The minimum absolute atomic E-state index is 0.0323. The van der Waals surface area contributed by atoms with Crippen LogP contribution in [0.4, 0.5) is 9.18 Å². The molecule has 2 saturated carbocycles. The zero-order chi connectivity index (χ0) is 36.6. The molecule has 2 aliphatic rings. The van der Waals surface area contributed by atoms with Gasteiger partial charge in [0.15, 0.2) is 0 Å². The number of pyridine rings is 1. The fourth-order valence-corrected chi connectivity index (χ4v) is 6.32. The molecule has 2 aliphatic carbocycles. The van der Waals surface area contributed by atoms with E-state index in [4.69, 9.17) is 14.2 Å². The van der Waals surface area contributed by atoms with E-state index in [1.54, 1.807) is 73.8 Å². The molecule has 2 aromatic carbocycles. The second-order valence-corrected chi connectivity index (χ2v) is 15.4. The Morgan fingerprint density at radius 2 is 1.60 bits per heavy atom. The number of alkyl carbamates (subject to hydrolysis) is 1. The van der Waals surface area contributed by atoms with Crippen LogP contribution in [0.25, 0.3) is 11.1 Å². The normalized spacial score (nSPS) is 18.6. The Balaban J connectivity index is 1.32. The number of hydrogen-bond donors (Lipinski definition) is 3. The van der Waals surface area contributed by atoms with E-state index < -0.39 is 22.7 Å². The summed E-state index contributed by atoms with van der Waals surface area (Å²) in [6.45, 7) is 12.6. The van der Waals surface area contributed by atoms with Crippen LogP contribution in [0.3, 0.4) is 0 Å². The molecule has 2 fully saturated rings. The average molecular weight is 692 g/mol. The Kier molecular flexibility index (Phi) is 10.4. The molecule has 2 amide bonds. The highest BCUT2D eigenvalue weighted by Crippen LogP contribution is 2.46. The van der Waals surface area contributed by atoms with Crippen LogP contribution in [0.2, 0.25) is 0 Å². The molecule has 0 bridgehead atoms. The van der Waals surface area contributed by atoms with Crippen molar-refractivity contribution >= 4 is 12.0 Å². The number of amides is 2. The number of benzene rings is 2. The second kappa shape index (κ2) is 14.1. The summed E-state index contributed by atoms with van der Waals surface area (Å²) >= 11 is 0. The largest absolute Gasteiger partial charge is 0.490 e. The smallest absolute Gasteiger partial charge is 0.407 e. The summed E-state index contributed by atoms with van der Waals surface area (Å²) in [5.41, 5.74) is 0.485. The molecule has 0 aliphatic heterocycles. The summed E-state index contributed by atoms with van der Waals surface area (Å²) in [6, 6.07) is 9.64. The van der Waals surface area contributed by atoms with Crippen molar-refractivity contribution in [3.8, 4) is 28.4 Å². The highest BCUT2D eigenvalue weighted by molar-refractivity contribution is 5.86. The van der Waals surface area contributed by atoms with Crippen molar-refractivity contribution in [3.05, 3.63) is 75.5 Å². The van der Waals surface area contributed by atoms with Gasteiger partial charge in [-0.3, -0.25) is 9.59 Å². The Morgan fingerprint density at radius 1 is 0.960 bits per heavy atom. The maximum absolute atomic E-state index is 14.1. The number of nitrogens with one attached hydrogen (secondary N) is 2.